The maximum Gasteiger partial charge on any atom is 0.419 e. The molecular formula is C17H18F3N3O2S. The van der Waals surface area contributed by atoms with E-state index in [9.17, 15) is 13.2 Å². The Morgan fingerprint density at radius 2 is 1.77 bits per heavy atom. The number of aromatic nitrogens is 1. The largest absolute Gasteiger partial charge is 0.496 e. The van der Waals surface area contributed by atoms with Gasteiger partial charge in [0.25, 0.3) is 0 Å². The van der Waals surface area contributed by atoms with Crippen LogP contribution in [0, 0.1) is 0 Å². The molecule has 1 heterocycles. The zero-order valence-electron chi connectivity index (χ0n) is 14.2. The lowest BCUT2D eigenvalue weighted by atomic mass is 10.1. The Bertz CT molecular complexity index is 747. The number of pyridine rings is 1. The summed E-state index contributed by atoms with van der Waals surface area (Å²) in [6.07, 6.45) is -2.75. The number of alkyl halides is 3. The van der Waals surface area contributed by atoms with Crippen LogP contribution in [-0.2, 0) is 12.6 Å². The Kier molecular flexibility index (Phi) is 6.62. The Balaban J connectivity index is 1.99. The average molecular weight is 385 g/mol. The van der Waals surface area contributed by atoms with Gasteiger partial charge in [0, 0.05) is 18.3 Å². The molecule has 26 heavy (non-hydrogen) atoms. The van der Waals surface area contributed by atoms with E-state index in [0.717, 1.165) is 11.6 Å². The summed E-state index contributed by atoms with van der Waals surface area (Å²) in [6, 6.07) is 7.58. The number of anilines is 1. The van der Waals surface area contributed by atoms with Crippen LogP contribution >= 0.6 is 12.2 Å². The summed E-state index contributed by atoms with van der Waals surface area (Å²) in [6.45, 7) is 0.372. The SMILES string of the molecule is COc1cccc(OC)c1CCNC(=S)Nc1ncccc1C(F)(F)F. The third-order valence-corrected chi connectivity index (χ3v) is 3.78. The molecule has 0 aliphatic heterocycles. The van der Waals surface area contributed by atoms with Crippen molar-refractivity contribution in [2.45, 2.75) is 12.6 Å². The first kappa shape index (κ1) is 19.8. The first-order chi connectivity index (χ1) is 12.4. The number of thiocarbonyl (C=S) groups is 1. The first-order valence-electron chi connectivity index (χ1n) is 7.63. The zero-order chi connectivity index (χ0) is 19.2. The molecule has 0 aliphatic rings. The van der Waals surface area contributed by atoms with Gasteiger partial charge in [0.05, 0.1) is 19.8 Å². The molecule has 5 nitrogen and oxygen atoms in total. The van der Waals surface area contributed by atoms with Crippen LogP contribution in [0.1, 0.15) is 11.1 Å². The lowest BCUT2D eigenvalue weighted by Gasteiger charge is -2.16. The van der Waals surface area contributed by atoms with Gasteiger partial charge in [-0.05, 0) is 42.9 Å². The molecule has 0 atom stereocenters. The molecule has 0 aliphatic carbocycles. The predicted molar refractivity (Wildman–Crippen MR) is 96.7 cm³/mol. The second-order valence-electron chi connectivity index (χ2n) is 5.17. The fraction of sp³-hybridized carbons (Fsp3) is 0.294. The first-order valence-corrected chi connectivity index (χ1v) is 8.04. The van der Waals surface area contributed by atoms with Crippen molar-refractivity contribution in [1.29, 1.82) is 0 Å². The molecule has 0 saturated heterocycles. The monoisotopic (exact) mass is 385 g/mol. The number of ether oxygens (including phenoxy) is 2. The van der Waals surface area contributed by atoms with Crippen LogP contribution in [0.5, 0.6) is 11.5 Å². The van der Waals surface area contributed by atoms with Gasteiger partial charge in [-0.2, -0.15) is 13.2 Å². The van der Waals surface area contributed by atoms with Gasteiger partial charge in [0.2, 0.25) is 0 Å². The van der Waals surface area contributed by atoms with Gasteiger partial charge in [-0.25, -0.2) is 4.98 Å². The van der Waals surface area contributed by atoms with Crippen molar-refractivity contribution in [3.05, 3.63) is 47.7 Å². The van der Waals surface area contributed by atoms with Crippen molar-refractivity contribution in [1.82, 2.24) is 10.3 Å². The Hall–Kier alpha value is -2.55. The standard InChI is InChI=1S/C17H18F3N3O2S/c1-24-13-6-3-7-14(25-2)11(13)8-10-22-16(26)23-15-12(17(18,19)20)5-4-9-21-15/h3-7,9H,8,10H2,1-2H3,(H2,21,22,23,26). The fourth-order valence-corrected chi connectivity index (χ4v) is 2.56. The van der Waals surface area contributed by atoms with E-state index in [-0.39, 0.29) is 10.9 Å². The minimum absolute atomic E-state index is 0.0445. The Labute approximate surface area is 154 Å². The van der Waals surface area contributed by atoms with Gasteiger partial charge in [-0.1, -0.05) is 6.07 Å². The normalized spacial score (nSPS) is 11.0. The molecule has 0 fully saturated rings. The number of methoxy groups -OCH3 is 2. The van der Waals surface area contributed by atoms with E-state index >= 15 is 0 Å². The minimum Gasteiger partial charge on any atom is -0.496 e. The van der Waals surface area contributed by atoms with Crippen LogP contribution in [0.3, 0.4) is 0 Å². The van der Waals surface area contributed by atoms with E-state index in [4.69, 9.17) is 21.7 Å². The highest BCUT2D eigenvalue weighted by atomic mass is 32.1. The predicted octanol–water partition coefficient (Wildman–Crippen LogP) is 3.65. The highest BCUT2D eigenvalue weighted by molar-refractivity contribution is 7.80. The number of nitrogens with one attached hydrogen (secondary N) is 2. The van der Waals surface area contributed by atoms with E-state index in [1.807, 2.05) is 0 Å². The quantitative estimate of drug-likeness (QED) is 0.741. The summed E-state index contributed by atoms with van der Waals surface area (Å²) in [7, 11) is 3.11. The molecule has 9 heteroatoms. The fourth-order valence-electron chi connectivity index (χ4n) is 2.36. The summed E-state index contributed by atoms with van der Waals surface area (Å²) >= 11 is 5.06. The zero-order valence-corrected chi connectivity index (χ0v) is 15.0. The molecule has 0 amide bonds. The molecule has 0 unspecified atom stereocenters. The molecule has 140 valence electrons. The second-order valence-corrected chi connectivity index (χ2v) is 5.58. The van der Waals surface area contributed by atoms with E-state index in [2.05, 4.69) is 15.6 Å². The molecule has 0 bridgehead atoms. The lowest BCUT2D eigenvalue weighted by Crippen LogP contribution is -2.31. The number of rotatable bonds is 6. The Morgan fingerprint density at radius 1 is 1.12 bits per heavy atom. The van der Waals surface area contributed by atoms with Crippen LogP contribution < -0.4 is 20.1 Å². The van der Waals surface area contributed by atoms with E-state index in [1.54, 1.807) is 32.4 Å². The van der Waals surface area contributed by atoms with Gasteiger partial charge in [-0.3, -0.25) is 0 Å². The molecular weight excluding hydrogens is 367 g/mol. The third-order valence-electron chi connectivity index (χ3n) is 3.54. The van der Waals surface area contributed by atoms with Crippen molar-refractivity contribution in [2.75, 3.05) is 26.1 Å². The molecule has 1 aromatic heterocycles. The van der Waals surface area contributed by atoms with Gasteiger partial charge < -0.3 is 20.1 Å². The van der Waals surface area contributed by atoms with E-state index < -0.39 is 11.7 Å². The molecule has 0 radical (unpaired) electrons. The topological polar surface area (TPSA) is 55.4 Å². The summed E-state index contributed by atoms with van der Waals surface area (Å²) in [5.41, 5.74) is -0.0443. The average Bonchev–Trinajstić information content (AvgIpc) is 2.61. The summed E-state index contributed by atoms with van der Waals surface area (Å²) in [4.78, 5) is 3.71. The minimum atomic E-state index is -4.52. The number of hydrogen-bond donors (Lipinski definition) is 2. The molecule has 2 aromatic rings. The number of benzene rings is 1. The summed E-state index contributed by atoms with van der Waals surface area (Å²) < 4.78 is 49.5. The molecule has 2 rings (SSSR count). The van der Waals surface area contributed by atoms with Gasteiger partial charge in [-0.15, -0.1) is 0 Å². The maximum absolute atomic E-state index is 13.0. The van der Waals surface area contributed by atoms with E-state index in [0.29, 0.717) is 24.5 Å². The number of hydrogen-bond acceptors (Lipinski definition) is 4. The second kappa shape index (κ2) is 8.70. The highest BCUT2D eigenvalue weighted by Gasteiger charge is 2.34. The van der Waals surface area contributed by atoms with Crippen molar-refractivity contribution in [2.24, 2.45) is 0 Å². The lowest BCUT2D eigenvalue weighted by molar-refractivity contribution is -0.137. The van der Waals surface area contributed by atoms with Crippen LogP contribution in [0.25, 0.3) is 0 Å². The van der Waals surface area contributed by atoms with Crippen LogP contribution in [0.4, 0.5) is 19.0 Å². The maximum atomic E-state index is 13.0. The smallest absolute Gasteiger partial charge is 0.419 e. The van der Waals surface area contributed by atoms with Crippen LogP contribution in [0.15, 0.2) is 36.5 Å². The van der Waals surface area contributed by atoms with Crippen LogP contribution in [0.2, 0.25) is 0 Å². The van der Waals surface area contributed by atoms with Crippen molar-refractivity contribution in [3.8, 4) is 11.5 Å². The molecule has 0 saturated carbocycles. The highest BCUT2D eigenvalue weighted by Crippen LogP contribution is 2.33. The van der Waals surface area contributed by atoms with Crippen molar-refractivity contribution in [3.63, 3.8) is 0 Å². The van der Waals surface area contributed by atoms with Gasteiger partial charge in [0.1, 0.15) is 17.3 Å². The molecule has 2 N–H and O–H groups in total. The van der Waals surface area contributed by atoms with E-state index in [1.165, 1.54) is 12.3 Å². The third kappa shape index (κ3) is 4.98. The Morgan fingerprint density at radius 3 is 2.35 bits per heavy atom. The van der Waals surface area contributed by atoms with Gasteiger partial charge >= 0.3 is 6.18 Å². The molecule has 0 spiro atoms. The molecule has 1 aromatic carbocycles. The van der Waals surface area contributed by atoms with Crippen molar-refractivity contribution < 1.29 is 22.6 Å². The number of halogens is 3. The van der Waals surface area contributed by atoms with Crippen molar-refractivity contribution >= 4 is 23.1 Å². The number of nitrogens with zero attached hydrogens (tertiary/aromatic N) is 1. The summed E-state index contributed by atoms with van der Waals surface area (Å²) in [5.74, 6) is 0.982. The van der Waals surface area contributed by atoms with Crippen LogP contribution in [-0.4, -0.2) is 30.9 Å². The summed E-state index contributed by atoms with van der Waals surface area (Å²) in [5, 5.41) is 5.39. The van der Waals surface area contributed by atoms with Gasteiger partial charge in [0.15, 0.2) is 5.11 Å².